The van der Waals surface area contributed by atoms with Crippen molar-refractivity contribution in [2.75, 3.05) is 14.2 Å². The Kier molecular flexibility index (Phi) is 23.4. The predicted molar refractivity (Wildman–Crippen MR) is 240 cm³/mol. The summed E-state index contributed by atoms with van der Waals surface area (Å²) in [5.74, 6) is 1.04. The van der Waals surface area contributed by atoms with Gasteiger partial charge in [0.15, 0.2) is 23.0 Å². The van der Waals surface area contributed by atoms with Crippen molar-refractivity contribution < 1.29 is 53.9 Å². The Bertz CT molecular complexity index is 1890. The van der Waals surface area contributed by atoms with E-state index < -0.39 is 0 Å². The average Bonchev–Trinajstić information content (AvgIpc) is 3.18. The molecule has 0 aliphatic carbocycles. The van der Waals surface area contributed by atoms with Gasteiger partial charge in [0.25, 0.3) is 0 Å². The molecule has 0 saturated carbocycles. The van der Waals surface area contributed by atoms with Gasteiger partial charge in [0.2, 0.25) is 0 Å². The second-order valence-corrected chi connectivity index (χ2v) is 15.8. The van der Waals surface area contributed by atoms with E-state index in [1.165, 1.54) is 32.4 Å². The second-order valence-electron chi connectivity index (χ2n) is 9.77. The molecule has 0 unspecified atom stereocenters. The van der Waals surface area contributed by atoms with E-state index in [-0.39, 0.29) is 28.7 Å². The van der Waals surface area contributed by atoms with Crippen LogP contribution in [0.2, 0.25) is 0 Å². The molecule has 5 aromatic carbocycles. The van der Waals surface area contributed by atoms with Gasteiger partial charge in [-0.1, -0.05) is 30.3 Å². The van der Waals surface area contributed by atoms with Gasteiger partial charge in [-0.25, -0.2) is 0 Å². The van der Waals surface area contributed by atoms with E-state index in [4.69, 9.17) is 9.47 Å². The highest BCUT2D eigenvalue weighted by molar-refractivity contribution is 14.1. The van der Waals surface area contributed by atoms with Crippen molar-refractivity contribution >= 4 is 147 Å². The number of aromatic hydroxyl groups is 4. The molecule has 0 fully saturated rings. The van der Waals surface area contributed by atoms with Crippen LogP contribution >= 0.6 is 116 Å². The number of hydrogen-bond donors (Lipinski definition) is 4. The molecular formula is C37H28Br3I3O11. The number of carbonyl (C=O) groups is 5. The number of phenolic OH excluding ortho intramolecular Hbond substituents is 4. The number of carbonyl (C=O) groups excluding carboxylic acids is 5. The maximum Gasteiger partial charge on any atom is 0.172 e. The Morgan fingerprint density at radius 3 is 1.13 bits per heavy atom. The topological polar surface area (TPSA) is 185 Å². The van der Waals surface area contributed by atoms with E-state index in [0.29, 0.717) is 64.7 Å². The summed E-state index contributed by atoms with van der Waals surface area (Å²) >= 11 is 15.2. The normalized spacial score (nSPS) is 9.41. The molecule has 0 amide bonds. The Morgan fingerprint density at radius 1 is 0.444 bits per heavy atom. The van der Waals surface area contributed by atoms with E-state index in [1.54, 1.807) is 42.5 Å². The van der Waals surface area contributed by atoms with Crippen LogP contribution in [0.15, 0.2) is 92.3 Å². The van der Waals surface area contributed by atoms with Crippen LogP contribution in [0, 0.1) is 10.7 Å². The molecule has 5 rings (SSSR count). The zero-order chi connectivity index (χ0) is 41.0. The standard InChI is InChI=1S/C8H7BrO3.C8H7IO3.C7H4Br2O2.C7H4I2O2.C7H6O/c2*1-12-7-3-5(4-10)2-6(9)8(7)11;2*8-5-1-4(3-10)2-6(9)7(5)11;8-6-7-4-2-1-3-5-7/h2*2-4,11H,1H3;2*1-3,11H;1-6H. The maximum atomic E-state index is 10.4. The molecule has 0 aromatic heterocycles. The minimum Gasteiger partial charge on any atom is -0.506 e. The summed E-state index contributed by atoms with van der Waals surface area (Å²) in [6, 6.07) is 21.5. The highest BCUT2D eigenvalue weighted by atomic mass is 127. The number of methoxy groups -OCH3 is 2. The minimum absolute atomic E-state index is 0.00287. The van der Waals surface area contributed by atoms with Crippen molar-refractivity contribution in [1.29, 1.82) is 0 Å². The Labute approximate surface area is 376 Å². The van der Waals surface area contributed by atoms with Gasteiger partial charge in [0, 0.05) is 27.8 Å². The molecule has 284 valence electrons. The minimum atomic E-state index is 0.00287. The van der Waals surface area contributed by atoms with Crippen LogP contribution in [0.1, 0.15) is 51.8 Å². The first-order valence-electron chi connectivity index (χ1n) is 14.4. The van der Waals surface area contributed by atoms with Crippen molar-refractivity contribution in [3.63, 3.8) is 0 Å². The molecule has 0 bridgehead atoms. The van der Waals surface area contributed by atoms with Gasteiger partial charge in [0.1, 0.15) is 42.9 Å². The second kappa shape index (κ2) is 25.9. The van der Waals surface area contributed by atoms with Gasteiger partial charge >= 0.3 is 0 Å². The monoisotopic (exact) mass is 1270 g/mol. The zero-order valence-electron chi connectivity index (χ0n) is 27.8. The van der Waals surface area contributed by atoms with E-state index >= 15 is 0 Å². The van der Waals surface area contributed by atoms with Crippen molar-refractivity contribution in [3.05, 3.63) is 131 Å². The molecule has 0 atom stereocenters. The van der Waals surface area contributed by atoms with Gasteiger partial charge in [-0.2, -0.15) is 0 Å². The van der Waals surface area contributed by atoms with Gasteiger partial charge in [0.05, 0.1) is 38.3 Å². The van der Waals surface area contributed by atoms with Crippen molar-refractivity contribution in [2.45, 2.75) is 0 Å². The number of benzene rings is 5. The number of ether oxygens (including phenoxy) is 2. The third-order valence-corrected chi connectivity index (χ3v) is 10.4. The van der Waals surface area contributed by atoms with Crippen LogP contribution < -0.4 is 9.47 Å². The smallest absolute Gasteiger partial charge is 0.172 e. The van der Waals surface area contributed by atoms with E-state index in [2.05, 4.69) is 47.8 Å². The van der Waals surface area contributed by atoms with E-state index in [1.807, 2.05) is 86.0 Å². The first-order chi connectivity index (χ1) is 25.6. The fourth-order valence-electron chi connectivity index (χ4n) is 3.47. The summed E-state index contributed by atoms with van der Waals surface area (Å²) in [5.41, 5.74) is 2.79. The summed E-state index contributed by atoms with van der Waals surface area (Å²) < 4.78 is 13.2. The highest BCUT2D eigenvalue weighted by Gasteiger charge is 2.09. The Balaban J connectivity index is 0.000000339. The molecule has 17 heteroatoms. The van der Waals surface area contributed by atoms with Gasteiger partial charge < -0.3 is 29.9 Å². The van der Waals surface area contributed by atoms with Crippen molar-refractivity contribution in [1.82, 2.24) is 0 Å². The first kappa shape index (κ1) is 48.9. The van der Waals surface area contributed by atoms with Crippen LogP contribution in [0.4, 0.5) is 0 Å². The number of aldehydes is 5. The number of halogens is 6. The Morgan fingerprint density at radius 2 is 0.759 bits per heavy atom. The molecule has 0 spiro atoms. The van der Waals surface area contributed by atoms with Crippen LogP contribution in [-0.4, -0.2) is 66.1 Å². The fraction of sp³-hybridized carbons (Fsp3) is 0.0541. The molecule has 11 nitrogen and oxygen atoms in total. The molecule has 54 heavy (non-hydrogen) atoms. The van der Waals surface area contributed by atoms with Crippen molar-refractivity contribution in [2.24, 2.45) is 0 Å². The molecular weight excluding hydrogens is 1240 g/mol. The number of phenols is 4. The summed E-state index contributed by atoms with van der Waals surface area (Å²) in [6.07, 6.45) is 3.72. The SMILES string of the molecule is COc1cc(C=O)cc(Br)c1O.COc1cc(C=O)cc(I)c1O.O=Cc1cc(Br)c(O)c(Br)c1.O=Cc1cc(I)c(O)c(I)c1.O=Cc1ccccc1. The highest BCUT2D eigenvalue weighted by Crippen LogP contribution is 2.35. The lowest BCUT2D eigenvalue weighted by molar-refractivity contribution is 0.111. The van der Waals surface area contributed by atoms with Crippen LogP contribution in [-0.2, 0) is 0 Å². The summed E-state index contributed by atoms with van der Waals surface area (Å²) in [4.78, 5) is 51.4. The van der Waals surface area contributed by atoms with Gasteiger partial charge in [-0.05, 0) is 164 Å². The maximum absolute atomic E-state index is 10.4. The lowest BCUT2D eigenvalue weighted by atomic mass is 10.2. The first-order valence-corrected chi connectivity index (χ1v) is 20.0. The molecule has 5 aromatic rings. The Hall–Kier alpha value is -3.12. The molecule has 0 aliphatic heterocycles. The number of rotatable bonds is 7. The zero-order valence-corrected chi connectivity index (χ0v) is 39.0. The molecule has 0 saturated heterocycles. The third kappa shape index (κ3) is 16.3. The summed E-state index contributed by atoms with van der Waals surface area (Å²) in [7, 11) is 2.87. The molecule has 4 N–H and O–H groups in total. The van der Waals surface area contributed by atoms with E-state index in [9.17, 15) is 44.4 Å². The molecule has 0 heterocycles. The van der Waals surface area contributed by atoms with Gasteiger partial charge in [-0.15, -0.1) is 0 Å². The molecule has 0 aliphatic rings. The third-order valence-electron chi connectivity index (χ3n) is 6.10. The number of hydrogen-bond acceptors (Lipinski definition) is 11. The van der Waals surface area contributed by atoms with Gasteiger partial charge in [-0.3, -0.25) is 24.0 Å². The van der Waals surface area contributed by atoms with Crippen LogP contribution in [0.5, 0.6) is 34.5 Å². The van der Waals surface area contributed by atoms with E-state index in [0.717, 1.165) is 24.4 Å². The lowest BCUT2D eigenvalue weighted by Gasteiger charge is -2.05. The van der Waals surface area contributed by atoms with Crippen LogP contribution in [0.25, 0.3) is 0 Å². The lowest BCUT2D eigenvalue weighted by Crippen LogP contribution is -1.89. The van der Waals surface area contributed by atoms with Crippen LogP contribution in [0.3, 0.4) is 0 Å². The fourth-order valence-corrected chi connectivity index (χ4v) is 7.60. The largest absolute Gasteiger partial charge is 0.506 e. The predicted octanol–water partition coefficient (Wildman–Crippen LogP) is 10.4. The summed E-state index contributed by atoms with van der Waals surface area (Å²) in [6.45, 7) is 0. The quantitative estimate of drug-likeness (QED) is 0.0898. The van der Waals surface area contributed by atoms with Crippen molar-refractivity contribution in [3.8, 4) is 34.5 Å². The summed E-state index contributed by atoms with van der Waals surface area (Å²) in [5, 5.41) is 37.2. The molecule has 0 radical (unpaired) electrons. The average molecular weight is 1270 g/mol.